The molecular weight excluding hydrogens is 176 g/mol. The Morgan fingerprint density at radius 2 is 2.29 bits per heavy atom. The molecule has 0 fully saturated rings. The number of allylic oxidation sites excluding steroid dienone is 1. The topological polar surface area (TPSA) is 45.4 Å². The van der Waals surface area contributed by atoms with Crippen LogP contribution in [0.4, 0.5) is 0 Å². The Morgan fingerprint density at radius 3 is 2.93 bits per heavy atom. The Hall–Kier alpha value is -2.08. The van der Waals surface area contributed by atoms with Gasteiger partial charge in [-0.1, -0.05) is 12.1 Å². The summed E-state index contributed by atoms with van der Waals surface area (Å²) < 4.78 is 5.26. The highest BCUT2D eigenvalue weighted by molar-refractivity contribution is 5.43. The zero-order valence-electron chi connectivity index (χ0n) is 7.90. The minimum Gasteiger partial charge on any atom is -0.462 e. The monoisotopic (exact) mass is 186 g/mol. The van der Waals surface area contributed by atoms with Crippen molar-refractivity contribution in [2.24, 2.45) is 4.99 Å². The summed E-state index contributed by atoms with van der Waals surface area (Å²) in [5.74, 6) is 0.526. The second-order valence-electron chi connectivity index (χ2n) is 2.64. The van der Waals surface area contributed by atoms with Crippen LogP contribution in [0.15, 0.2) is 41.2 Å². The predicted octanol–water partition coefficient (Wildman–Crippen LogP) is 2.50. The van der Waals surface area contributed by atoms with Gasteiger partial charge in [0.1, 0.15) is 18.1 Å². The quantitative estimate of drug-likeness (QED) is 0.537. The van der Waals surface area contributed by atoms with Crippen LogP contribution in [0.2, 0.25) is 0 Å². The second-order valence-corrected chi connectivity index (χ2v) is 2.64. The predicted molar refractivity (Wildman–Crippen MR) is 55.1 cm³/mol. The molecule has 0 N–H and O–H groups in total. The number of hydrogen-bond donors (Lipinski definition) is 0. The number of para-hydroxylation sites is 1. The third-order valence-electron chi connectivity index (χ3n) is 1.61. The van der Waals surface area contributed by atoms with Crippen molar-refractivity contribution in [1.29, 1.82) is 5.26 Å². The zero-order valence-corrected chi connectivity index (χ0v) is 7.90. The first-order valence-corrected chi connectivity index (χ1v) is 4.07. The Balaban J connectivity index is 2.87. The van der Waals surface area contributed by atoms with Crippen molar-refractivity contribution in [3.8, 4) is 11.8 Å². The minimum atomic E-state index is 0.501. The van der Waals surface area contributed by atoms with Crippen LogP contribution in [0, 0.1) is 11.3 Å². The van der Waals surface area contributed by atoms with E-state index in [-0.39, 0.29) is 0 Å². The number of ether oxygens (including phenoxy) is 1. The van der Waals surface area contributed by atoms with Crippen LogP contribution in [-0.2, 0) is 0 Å². The van der Waals surface area contributed by atoms with Gasteiger partial charge in [0, 0.05) is 0 Å². The van der Waals surface area contributed by atoms with Crippen molar-refractivity contribution in [3.05, 3.63) is 41.8 Å². The molecule has 1 aromatic rings. The summed E-state index contributed by atoms with van der Waals surface area (Å²) in [4.78, 5) is 3.66. The van der Waals surface area contributed by atoms with Gasteiger partial charge in [-0.25, -0.2) is 0 Å². The first-order valence-electron chi connectivity index (χ1n) is 4.07. The molecule has 0 aromatic heterocycles. The summed E-state index contributed by atoms with van der Waals surface area (Å²) >= 11 is 0. The van der Waals surface area contributed by atoms with Gasteiger partial charge < -0.3 is 4.74 Å². The smallest absolute Gasteiger partial charge is 0.144 e. The van der Waals surface area contributed by atoms with Crippen LogP contribution in [0.25, 0.3) is 0 Å². The molecule has 0 aliphatic rings. The summed E-state index contributed by atoms with van der Waals surface area (Å²) in [6.07, 6.45) is 1.46. The summed E-state index contributed by atoms with van der Waals surface area (Å²) in [5, 5.41) is 8.75. The maximum Gasteiger partial charge on any atom is 0.144 e. The van der Waals surface area contributed by atoms with E-state index in [1.54, 1.807) is 31.2 Å². The highest BCUT2D eigenvalue weighted by Gasteiger charge is 1.99. The van der Waals surface area contributed by atoms with Gasteiger partial charge in [0.2, 0.25) is 0 Å². The molecule has 0 amide bonds. The van der Waals surface area contributed by atoms with Gasteiger partial charge in [-0.2, -0.15) is 5.26 Å². The van der Waals surface area contributed by atoms with Crippen LogP contribution in [0.5, 0.6) is 5.75 Å². The van der Waals surface area contributed by atoms with Crippen molar-refractivity contribution >= 4 is 6.72 Å². The van der Waals surface area contributed by atoms with Crippen LogP contribution in [0.1, 0.15) is 12.5 Å². The van der Waals surface area contributed by atoms with Crippen LogP contribution >= 0.6 is 0 Å². The fraction of sp³-hybridized carbons (Fsp3) is 0.0909. The maximum atomic E-state index is 8.75. The normalized spacial score (nSPS) is 10.4. The number of nitriles is 1. The van der Waals surface area contributed by atoms with E-state index in [0.717, 1.165) is 0 Å². The first kappa shape index (κ1) is 10.0. The van der Waals surface area contributed by atoms with E-state index in [0.29, 0.717) is 17.0 Å². The Kier molecular flexibility index (Phi) is 3.45. The summed E-state index contributed by atoms with van der Waals surface area (Å²) in [6, 6.07) is 9.05. The largest absolute Gasteiger partial charge is 0.462 e. The molecule has 70 valence electrons. The van der Waals surface area contributed by atoms with Crippen LogP contribution in [0.3, 0.4) is 0 Å². The van der Waals surface area contributed by atoms with Crippen molar-refractivity contribution in [3.63, 3.8) is 0 Å². The standard InChI is InChI=1S/C11H10N2O/c1-9(13-2)8-14-11-6-4-3-5-10(11)7-12/h3-6,8H,2H2,1H3/b9-8-. The van der Waals surface area contributed by atoms with Gasteiger partial charge in [0.25, 0.3) is 0 Å². The van der Waals surface area contributed by atoms with Crippen molar-refractivity contribution < 1.29 is 4.74 Å². The van der Waals surface area contributed by atoms with Crippen LogP contribution < -0.4 is 4.74 Å². The van der Waals surface area contributed by atoms with Crippen molar-refractivity contribution in [2.45, 2.75) is 6.92 Å². The molecule has 0 saturated carbocycles. The minimum absolute atomic E-state index is 0.501. The molecule has 1 aromatic carbocycles. The molecule has 0 heterocycles. The highest BCUT2D eigenvalue weighted by Crippen LogP contribution is 2.17. The fourth-order valence-corrected chi connectivity index (χ4v) is 0.848. The molecular formula is C11H10N2O. The molecule has 0 bridgehead atoms. The Bertz CT molecular complexity index is 402. The molecule has 0 atom stereocenters. The molecule has 1 rings (SSSR count). The summed E-state index contributed by atoms with van der Waals surface area (Å²) in [5.41, 5.74) is 1.17. The van der Waals surface area contributed by atoms with Crippen LogP contribution in [-0.4, -0.2) is 6.72 Å². The molecule has 0 aliphatic heterocycles. The van der Waals surface area contributed by atoms with Gasteiger partial charge in [-0.3, -0.25) is 4.99 Å². The summed E-state index contributed by atoms with van der Waals surface area (Å²) in [7, 11) is 0. The summed E-state index contributed by atoms with van der Waals surface area (Å²) in [6.45, 7) is 5.12. The number of benzene rings is 1. The number of rotatable bonds is 3. The highest BCUT2D eigenvalue weighted by atomic mass is 16.5. The van der Waals surface area contributed by atoms with Crippen molar-refractivity contribution in [2.75, 3.05) is 0 Å². The molecule has 0 aliphatic carbocycles. The fourth-order valence-electron chi connectivity index (χ4n) is 0.848. The Labute approximate surface area is 83.0 Å². The number of aliphatic imine (C=N–C) groups is 1. The lowest BCUT2D eigenvalue weighted by Gasteiger charge is -2.01. The van der Waals surface area contributed by atoms with Gasteiger partial charge >= 0.3 is 0 Å². The Morgan fingerprint density at radius 1 is 1.57 bits per heavy atom. The van der Waals surface area contributed by atoms with Gasteiger partial charge in [0.05, 0.1) is 11.3 Å². The first-order chi connectivity index (χ1) is 6.77. The number of hydrogen-bond acceptors (Lipinski definition) is 3. The average molecular weight is 186 g/mol. The average Bonchev–Trinajstić information content (AvgIpc) is 2.26. The lowest BCUT2D eigenvalue weighted by molar-refractivity contribution is 0.473. The molecule has 3 nitrogen and oxygen atoms in total. The molecule has 0 spiro atoms. The molecule has 14 heavy (non-hydrogen) atoms. The van der Waals surface area contributed by atoms with E-state index >= 15 is 0 Å². The van der Waals surface area contributed by atoms with Gasteiger partial charge in [0.15, 0.2) is 0 Å². The van der Waals surface area contributed by atoms with Gasteiger partial charge in [-0.05, 0) is 25.8 Å². The molecule has 0 saturated heterocycles. The number of nitrogens with zero attached hydrogens (tertiary/aromatic N) is 2. The maximum absolute atomic E-state index is 8.75. The van der Waals surface area contributed by atoms with E-state index in [2.05, 4.69) is 11.7 Å². The second kappa shape index (κ2) is 4.83. The molecule has 3 heteroatoms. The SMILES string of the molecule is C=N/C(C)=C\Oc1ccccc1C#N. The van der Waals surface area contributed by atoms with E-state index in [1.807, 2.05) is 6.07 Å². The molecule has 0 radical (unpaired) electrons. The van der Waals surface area contributed by atoms with E-state index in [4.69, 9.17) is 10.00 Å². The zero-order chi connectivity index (χ0) is 10.4. The molecule has 0 unspecified atom stereocenters. The van der Waals surface area contributed by atoms with Crippen molar-refractivity contribution in [1.82, 2.24) is 0 Å². The third-order valence-corrected chi connectivity index (χ3v) is 1.61. The lowest BCUT2D eigenvalue weighted by atomic mass is 10.2. The van der Waals surface area contributed by atoms with Gasteiger partial charge in [-0.15, -0.1) is 0 Å². The van der Waals surface area contributed by atoms with E-state index < -0.39 is 0 Å². The van der Waals surface area contributed by atoms with E-state index in [1.165, 1.54) is 6.26 Å². The third kappa shape index (κ3) is 2.46. The lowest BCUT2D eigenvalue weighted by Crippen LogP contribution is -1.87. The van der Waals surface area contributed by atoms with E-state index in [9.17, 15) is 0 Å².